The zero-order valence-corrected chi connectivity index (χ0v) is 14.0. The van der Waals surface area contributed by atoms with Crippen LogP contribution in [0.3, 0.4) is 0 Å². The Morgan fingerprint density at radius 2 is 1.65 bits per heavy atom. The highest BCUT2D eigenvalue weighted by atomic mass is 19.1. The third kappa shape index (κ3) is 5.98. The molecule has 0 saturated heterocycles. The highest BCUT2D eigenvalue weighted by molar-refractivity contribution is 6.35. The Hall–Kier alpha value is -1.95. The van der Waals surface area contributed by atoms with Gasteiger partial charge < -0.3 is 15.7 Å². The second kappa shape index (κ2) is 8.06. The van der Waals surface area contributed by atoms with E-state index in [4.69, 9.17) is 0 Å². The van der Waals surface area contributed by atoms with E-state index in [9.17, 15) is 19.1 Å². The van der Waals surface area contributed by atoms with Crippen LogP contribution >= 0.6 is 0 Å². The number of carbonyl (C=O) groups excluding carboxylic acids is 2. The molecule has 0 fully saturated rings. The average Bonchev–Trinajstić information content (AvgIpc) is 2.50. The van der Waals surface area contributed by atoms with Crippen LogP contribution < -0.4 is 10.6 Å². The molecule has 2 amide bonds. The highest BCUT2D eigenvalue weighted by Gasteiger charge is 2.31. The number of halogens is 1. The third-order valence-corrected chi connectivity index (χ3v) is 3.71. The maximum atomic E-state index is 12.8. The molecule has 23 heavy (non-hydrogen) atoms. The molecule has 0 radical (unpaired) electrons. The molecule has 0 aliphatic heterocycles. The molecule has 1 atom stereocenters. The number of rotatable bonds is 6. The molecule has 0 bridgehead atoms. The van der Waals surface area contributed by atoms with Gasteiger partial charge in [0.1, 0.15) is 5.82 Å². The van der Waals surface area contributed by atoms with Gasteiger partial charge in [-0.1, -0.05) is 39.8 Å². The fraction of sp³-hybridized carbons (Fsp3) is 0.529. The second-order valence-corrected chi connectivity index (χ2v) is 6.67. The van der Waals surface area contributed by atoms with Gasteiger partial charge >= 0.3 is 11.8 Å². The van der Waals surface area contributed by atoms with Crippen molar-refractivity contribution in [2.45, 2.75) is 40.3 Å². The van der Waals surface area contributed by atoms with Crippen LogP contribution in [0.4, 0.5) is 4.39 Å². The lowest BCUT2D eigenvalue weighted by Crippen LogP contribution is -2.47. The molecule has 0 aliphatic carbocycles. The number of aliphatic hydroxyl groups excluding tert-OH is 1. The van der Waals surface area contributed by atoms with Crippen molar-refractivity contribution in [3.63, 3.8) is 0 Å². The van der Waals surface area contributed by atoms with Gasteiger partial charge in [0.2, 0.25) is 0 Å². The fourth-order valence-electron chi connectivity index (χ4n) is 2.26. The number of carbonyl (C=O) groups is 2. The van der Waals surface area contributed by atoms with Crippen LogP contribution in [0, 0.1) is 17.2 Å². The van der Waals surface area contributed by atoms with Crippen molar-refractivity contribution in [2.24, 2.45) is 11.3 Å². The van der Waals surface area contributed by atoms with Crippen LogP contribution in [0.15, 0.2) is 24.3 Å². The quantitative estimate of drug-likeness (QED) is 0.696. The lowest BCUT2D eigenvalue weighted by atomic mass is 9.81. The van der Waals surface area contributed by atoms with E-state index in [2.05, 4.69) is 10.6 Å². The molecule has 0 saturated carbocycles. The smallest absolute Gasteiger partial charge is 0.309 e. The molecule has 1 rings (SSSR count). The van der Waals surface area contributed by atoms with Gasteiger partial charge in [-0.15, -0.1) is 0 Å². The normalized spacial score (nSPS) is 12.8. The molecule has 1 aromatic carbocycles. The first-order chi connectivity index (χ1) is 10.6. The van der Waals surface area contributed by atoms with E-state index in [0.29, 0.717) is 5.56 Å². The van der Waals surface area contributed by atoms with Crippen molar-refractivity contribution in [1.29, 1.82) is 0 Å². The Morgan fingerprint density at radius 1 is 1.13 bits per heavy atom. The molecule has 1 unspecified atom stereocenters. The molecule has 1 aromatic rings. The standard InChI is InChI=1S/C17H25FN2O3/c1-11(2)14(21)17(3,4)10-20-16(23)15(22)19-9-12-5-7-13(18)8-6-12/h5-8,11,14,21H,9-10H2,1-4H3,(H,19,22)(H,20,23). The summed E-state index contributed by atoms with van der Waals surface area (Å²) in [7, 11) is 0. The van der Waals surface area contributed by atoms with E-state index >= 15 is 0 Å². The van der Waals surface area contributed by atoms with Crippen molar-refractivity contribution >= 4 is 11.8 Å². The topological polar surface area (TPSA) is 78.4 Å². The number of benzene rings is 1. The number of hydrogen-bond acceptors (Lipinski definition) is 3. The van der Waals surface area contributed by atoms with Gasteiger partial charge in [-0.05, 0) is 23.6 Å². The summed E-state index contributed by atoms with van der Waals surface area (Å²) in [6.45, 7) is 7.77. The van der Waals surface area contributed by atoms with Gasteiger partial charge in [0, 0.05) is 18.5 Å². The van der Waals surface area contributed by atoms with Crippen LogP contribution in [0.1, 0.15) is 33.3 Å². The van der Waals surface area contributed by atoms with E-state index in [0.717, 1.165) is 0 Å². The van der Waals surface area contributed by atoms with E-state index in [1.807, 2.05) is 27.7 Å². The molecule has 5 nitrogen and oxygen atoms in total. The average molecular weight is 324 g/mol. The van der Waals surface area contributed by atoms with Crippen LogP contribution in [0.5, 0.6) is 0 Å². The Morgan fingerprint density at radius 3 is 2.17 bits per heavy atom. The van der Waals surface area contributed by atoms with Gasteiger partial charge in [-0.3, -0.25) is 9.59 Å². The Kier molecular flexibility index (Phi) is 6.69. The third-order valence-electron chi connectivity index (χ3n) is 3.71. The maximum absolute atomic E-state index is 12.8. The van der Waals surface area contributed by atoms with E-state index in [1.165, 1.54) is 24.3 Å². The molecule has 3 N–H and O–H groups in total. The molecule has 128 valence electrons. The van der Waals surface area contributed by atoms with Crippen molar-refractivity contribution in [2.75, 3.05) is 6.54 Å². The van der Waals surface area contributed by atoms with Crippen molar-refractivity contribution in [3.05, 3.63) is 35.6 Å². The predicted octanol–water partition coefficient (Wildman–Crippen LogP) is 1.60. The number of hydrogen-bond donors (Lipinski definition) is 3. The lowest BCUT2D eigenvalue weighted by molar-refractivity contribution is -0.139. The predicted molar refractivity (Wildman–Crippen MR) is 85.9 cm³/mol. The van der Waals surface area contributed by atoms with Gasteiger partial charge in [0.05, 0.1) is 6.10 Å². The highest BCUT2D eigenvalue weighted by Crippen LogP contribution is 2.24. The summed E-state index contributed by atoms with van der Waals surface area (Å²) in [5.74, 6) is -1.82. The van der Waals surface area contributed by atoms with Crippen molar-refractivity contribution in [1.82, 2.24) is 10.6 Å². The monoisotopic (exact) mass is 324 g/mol. The van der Waals surface area contributed by atoms with Crippen LogP contribution in [-0.4, -0.2) is 29.6 Å². The van der Waals surface area contributed by atoms with Crippen LogP contribution in [0.2, 0.25) is 0 Å². The van der Waals surface area contributed by atoms with Gasteiger partial charge in [0.25, 0.3) is 0 Å². The Balaban J connectivity index is 2.45. The lowest BCUT2D eigenvalue weighted by Gasteiger charge is -2.33. The summed E-state index contributed by atoms with van der Waals surface area (Å²) in [6.07, 6.45) is -0.593. The Bertz CT molecular complexity index is 541. The minimum Gasteiger partial charge on any atom is -0.392 e. The minimum atomic E-state index is -0.760. The number of amides is 2. The van der Waals surface area contributed by atoms with Crippen molar-refractivity contribution < 1.29 is 19.1 Å². The van der Waals surface area contributed by atoms with Gasteiger partial charge in [-0.25, -0.2) is 4.39 Å². The zero-order chi connectivity index (χ0) is 17.6. The number of aliphatic hydroxyl groups is 1. The second-order valence-electron chi connectivity index (χ2n) is 6.67. The molecule has 0 aromatic heterocycles. The molecular formula is C17H25FN2O3. The zero-order valence-electron chi connectivity index (χ0n) is 14.0. The first-order valence-corrected chi connectivity index (χ1v) is 7.62. The summed E-state index contributed by atoms with van der Waals surface area (Å²) < 4.78 is 12.8. The number of nitrogens with one attached hydrogen (secondary N) is 2. The first kappa shape index (κ1) is 19.1. The van der Waals surface area contributed by atoms with E-state index in [-0.39, 0.29) is 24.8 Å². The molecule has 6 heteroatoms. The SMILES string of the molecule is CC(C)C(O)C(C)(C)CNC(=O)C(=O)NCc1ccc(F)cc1. The summed E-state index contributed by atoms with van der Waals surface area (Å²) in [6, 6.07) is 5.65. The van der Waals surface area contributed by atoms with Crippen LogP contribution in [0.25, 0.3) is 0 Å². The minimum absolute atomic E-state index is 0.0502. The molecular weight excluding hydrogens is 299 g/mol. The fourth-order valence-corrected chi connectivity index (χ4v) is 2.26. The van der Waals surface area contributed by atoms with Gasteiger partial charge in [0.15, 0.2) is 0 Å². The molecule has 0 heterocycles. The Labute approximate surface area is 136 Å². The summed E-state index contributed by atoms with van der Waals surface area (Å²) in [5.41, 5.74) is 0.157. The summed E-state index contributed by atoms with van der Waals surface area (Å²) in [5, 5.41) is 15.1. The van der Waals surface area contributed by atoms with Crippen LogP contribution in [-0.2, 0) is 16.1 Å². The summed E-state index contributed by atoms with van der Waals surface area (Å²) >= 11 is 0. The largest absolute Gasteiger partial charge is 0.392 e. The van der Waals surface area contributed by atoms with Crippen molar-refractivity contribution in [3.8, 4) is 0 Å². The molecule has 0 aliphatic rings. The first-order valence-electron chi connectivity index (χ1n) is 7.62. The van der Waals surface area contributed by atoms with E-state index < -0.39 is 23.3 Å². The summed E-state index contributed by atoms with van der Waals surface area (Å²) in [4.78, 5) is 23.5. The van der Waals surface area contributed by atoms with E-state index in [1.54, 1.807) is 0 Å². The molecule has 0 spiro atoms. The van der Waals surface area contributed by atoms with Gasteiger partial charge in [-0.2, -0.15) is 0 Å². The maximum Gasteiger partial charge on any atom is 0.309 e.